The lowest BCUT2D eigenvalue weighted by Gasteiger charge is -2.36. The first kappa shape index (κ1) is 21.4. The number of nitrogens with one attached hydrogen (secondary N) is 2. The third kappa shape index (κ3) is 7.30. The maximum Gasteiger partial charge on any atom is 0.331 e. The zero-order valence-electron chi connectivity index (χ0n) is 15.1. The topological polar surface area (TPSA) is 102 Å². The van der Waals surface area contributed by atoms with Crippen molar-refractivity contribution in [2.75, 3.05) is 19.6 Å². The van der Waals surface area contributed by atoms with Crippen molar-refractivity contribution in [2.45, 2.75) is 31.8 Å². The second-order valence-corrected chi connectivity index (χ2v) is 7.02. The van der Waals surface area contributed by atoms with E-state index in [2.05, 4.69) is 21.8 Å². The van der Waals surface area contributed by atoms with Crippen molar-refractivity contribution in [3.8, 4) is 0 Å². The highest BCUT2D eigenvalue weighted by Gasteiger charge is 2.29. The number of hydrogen-bond acceptors (Lipinski definition) is 5. The molecule has 27 heavy (non-hydrogen) atoms. The first-order chi connectivity index (χ1) is 13.0. The first-order valence-electron chi connectivity index (χ1n) is 9.01. The zero-order valence-corrected chi connectivity index (χ0v) is 15.9. The van der Waals surface area contributed by atoms with Crippen LogP contribution in [0.4, 0.5) is 0 Å². The number of hydrogen-bond donors (Lipinski definition) is 4. The number of carbonyl (C=O) groups is 2. The van der Waals surface area contributed by atoms with Crippen LogP contribution in [-0.4, -0.2) is 53.3 Å². The SMILES string of the molecule is Clc1ccccc1CNC1CC1.O=C(O)C1=CCN2CC1CCN2.O=CO. The summed E-state index contributed by atoms with van der Waals surface area (Å²) >= 11 is 5.99. The van der Waals surface area contributed by atoms with E-state index in [1.54, 1.807) is 0 Å². The van der Waals surface area contributed by atoms with E-state index in [0.717, 1.165) is 43.7 Å². The molecule has 2 unspecified atom stereocenters. The van der Waals surface area contributed by atoms with Crippen LogP contribution in [0.5, 0.6) is 0 Å². The molecule has 2 fully saturated rings. The summed E-state index contributed by atoms with van der Waals surface area (Å²) in [6.45, 7) is 3.12. The van der Waals surface area contributed by atoms with Gasteiger partial charge in [0, 0.05) is 48.7 Å². The lowest BCUT2D eigenvalue weighted by molar-refractivity contribution is -0.133. The van der Waals surface area contributed by atoms with Gasteiger partial charge in [-0.25, -0.2) is 9.80 Å². The molecule has 2 atom stereocenters. The van der Waals surface area contributed by atoms with Crippen LogP contribution >= 0.6 is 11.6 Å². The molecule has 8 heteroatoms. The minimum Gasteiger partial charge on any atom is -0.483 e. The Kier molecular flexibility index (Phi) is 8.74. The lowest BCUT2D eigenvalue weighted by atomic mass is 9.91. The molecule has 1 aromatic carbocycles. The summed E-state index contributed by atoms with van der Waals surface area (Å²) in [4.78, 5) is 19.1. The highest BCUT2D eigenvalue weighted by atomic mass is 35.5. The number of rotatable bonds is 4. The molecule has 1 aromatic rings. The summed E-state index contributed by atoms with van der Waals surface area (Å²) in [6.07, 6.45) is 5.40. The zero-order chi connectivity index (χ0) is 19.6. The minimum atomic E-state index is -0.749. The number of halogens is 1. The van der Waals surface area contributed by atoms with Gasteiger partial charge in [0.25, 0.3) is 6.47 Å². The van der Waals surface area contributed by atoms with E-state index in [0.29, 0.717) is 5.57 Å². The average molecular weight is 396 g/mol. The Morgan fingerprint density at radius 3 is 2.67 bits per heavy atom. The van der Waals surface area contributed by atoms with E-state index in [9.17, 15) is 4.79 Å². The Morgan fingerprint density at radius 1 is 1.33 bits per heavy atom. The molecule has 2 bridgehead atoms. The number of benzene rings is 1. The van der Waals surface area contributed by atoms with Crippen molar-refractivity contribution in [3.05, 3.63) is 46.5 Å². The van der Waals surface area contributed by atoms with Gasteiger partial charge in [0.05, 0.1) is 0 Å². The molecule has 4 rings (SSSR count). The van der Waals surface area contributed by atoms with E-state index in [1.807, 2.05) is 24.3 Å². The molecule has 2 heterocycles. The van der Waals surface area contributed by atoms with Crippen molar-refractivity contribution in [3.63, 3.8) is 0 Å². The largest absolute Gasteiger partial charge is 0.483 e. The smallest absolute Gasteiger partial charge is 0.331 e. The molecule has 0 aromatic heterocycles. The normalized spacial score (nSPS) is 22.9. The number of carboxylic acid groups (broad SMARTS) is 2. The van der Waals surface area contributed by atoms with Crippen LogP contribution in [0.1, 0.15) is 24.8 Å². The molecule has 2 aliphatic heterocycles. The Balaban J connectivity index is 0.000000170. The van der Waals surface area contributed by atoms with E-state index in [4.69, 9.17) is 26.6 Å². The van der Waals surface area contributed by atoms with Gasteiger partial charge in [-0.05, 0) is 30.9 Å². The average Bonchev–Trinajstić information content (AvgIpc) is 3.47. The van der Waals surface area contributed by atoms with Crippen molar-refractivity contribution < 1.29 is 19.8 Å². The Morgan fingerprint density at radius 2 is 2.04 bits per heavy atom. The van der Waals surface area contributed by atoms with Crippen LogP contribution in [0.25, 0.3) is 0 Å². The molecular weight excluding hydrogens is 370 g/mol. The number of aliphatic carboxylic acids is 1. The lowest BCUT2D eigenvalue weighted by Crippen LogP contribution is -2.50. The van der Waals surface area contributed by atoms with Gasteiger partial charge in [0.15, 0.2) is 0 Å². The third-order valence-corrected chi connectivity index (χ3v) is 4.97. The fraction of sp³-hybridized carbons (Fsp3) is 0.474. The van der Waals surface area contributed by atoms with E-state index in [1.165, 1.54) is 18.4 Å². The maximum atomic E-state index is 10.7. The van der Waals surface area contributed by atoms with Crippen LogP contribution in [0.3, 0.4) is 0 Å². The molecule has 7 nitrogen and oxygen atoms in total. The second kappa shape index (κ2) is 11.0. The third-order valence-electron chi connectivity index (χ3n) is 4.60. The fourth-order valence-electron chi connectivity index (χ4n) is 3.03. The molecule has 0 spiro atoms. The van der Waals surface area contributed by atoms with Gasteiger partial charge in [-0.1, -0.05) is 35.9 Å². The predicted octanol–water partition coefficient (Wildman–Crippen LogP) is 2.13. The minimum absolute atomic E-state index is 0.234. The fourth-order valence-corrected chi connectivity index (χ4v) is 3.23. The Bertz CT molecular complexity index is 664. The van der Waals surface area contributed by atoms with Crippen molar-refractivity contribution in [1.29, 1.82) is 0 Å². The Labute approximate surface area is 164 Å². The first-order valence-corrected chi connectivity index (χ1v) is 9.39. The summed E-state index contributed by atoms with van der Waals surface area (Å²) in [7, 11) is 0. The molecule has 148 valence electrons. The van der Waals surface area contributed by atoms with Crippen LogP contribution in [-0.2, 0) is 16.1 Å². The number of hydrazine groups is 1. The number of fused-ring (bicyclic) bond motifs is 2. The van der Waals surface area contributed by atoms with Gasteiger partial charge in [0.1, 0.15) is 0 Å². The van der Waals surface area contributed by atoms with Gasteiger partial charge in [0.2, 0.25) is 0 Å². The summed E-state index contributed by atoms with van der Waals surface area (Å²) in [5.74, 6) is -0.515. The summed E-state index contributed by atoms with van der Waals surface area (Å²) in [6, 6.07) is 8.74. The van der Waals surface area contributed by atoms with E-state index < -0.39 is 5.97 Å². The second-order valence-electron chi connectivity index (χ2n) is 6.62. The quantitative estimate of drug-likeness (QED) is 0.579. The predicted molar refractivity (Wildman–Crippen MR) is 103 cm³/mol. The van der Waals surface area contributed by atoms with Crippen LogP contribution in [0.15, 0.2) is 35.9 Å². The highest BCUT2D eigenvalue weighted by molar-refractivity contribution is 6.31. The Hall–Kier alpha value is -1.93. The van der Waals surface area contributed by atoms with Crippen LogP contribution < -0.4 is 10.7 Å². The summed E-state index contributed by atoms with van der Waals surface area (Å²) in [5.41, 5.74) is 5.01. The van der Waals surface area contributed by atoms with Gasteiger partial charge >= 0.3 is 5.97 Å². The van der Waals surface area contributed by atoms with Crippen LogP contribution in [0, 0.1) is 5.92 Å². The molecule has 0 radical (unpaired) electrons. The highest BCUT2D eigenvalue weighted by Crippen LogP contribution is 2.23. The number of carboxylic acids is 1. The molecule has 3 aliphatic rings. The summed E-state index contributed by atoms with van der Waals surface area (Å²) < 4.78 is 0. The number of nitrogens with zero attached hydrogens (tertiary/aromatic N) is 1. The van der Waals surface area contributed by atoms with E-state index in [-0.39, 0.29) is 12.4 Å². The standard InChI is InChI=1S/C10H12ClN.C8H12N2O2.CH2O2/c11-10-4-2-1-3-8(10)7-12-9-5-6-9;11-8(12)7-2-4-10-5-6(7)1-3-9-10;2-1-3/h1-4,9,12H,5-7H2;2,6,9H,1,3-5H2,(H,11,12);1H,(H,2,3). The maximum absolute atomic E-state index is 10.7. The van der Waals surface area contributed by atoms with Gasteiger partial charge in [-0.3, -0.25) is 10.2 Å². The van der Waals surface area contributed by atoms with Gasteiger partial charge in [-0.15, -0.1) is 0 Å². The van der Waals surface area contributed by atoms with Gasteiger partial charge < -0.3 is 15.5 Å². The van der Waals surface area contributed by atoms with Crippen LogP contribution in [0.2, 0.25) is 5.02 Å². The molecule has 4 N–H and O–H groups in total. The molecular formula is C19H26ClN3O4. The monoisotopic (exact) mass is 395 g/mol. The summed E-state index contributed by atoms with van der Waals surface area (Å²) in [5, 5.41) is 22.1. The molecule has 0 amide bonds. The van der Waals surface area contributed by atoms with E-state index >= 15 is 0 Å². The molecule has 1 saturated heterocycles. The van der Waals surface area contributed by atoms with Crippen molar-refractivity contribution >= 4 is 24.0 Å². The molecule has 1 aliphatic carbocycles. The van der Waals surface area contributed by atoms with Crippen molar-refractivity contribution in [1.82, 2.24) is 15.8 Å². The molecule has 1 saturated carbocycles. The van der Waals surface area contributed by atoms with Crippen molar-refractivity contribution in [2.24, 2.45) is 5.92 Å². The van der Waals surface area contributed by atoms with Gasteiger partial charge in [-0.2, -0.15) is 0 Å².